The maximum absolute atomic E-state index is 13.1. The predicted octanol–water partition coefficient (Wildman–Crippen LogP) is 5.92. The molecule has 1 fully saturated rings. The molecule has 0 radical (unpaired) electrons. The van der Waals surface area contributed by atoms with Crippen molar-refractivity contribution in [2.24, 2.45) is 0 Å². The molecule has 1 saturated carbocycles. The zero-order valence-electron chi connectivity index (χ0n) is 16.7. The number of aromatic nitrogens is 2. The van der Waals surface area contributed by atoms with Gasteiger partial charge in [0.25, 0.3) is 5.91 Å². The number of hydrogen-bond donors (Lipinski definition) is 2. The van der Waals surface area contributed by atoms with Crippen molar-refractivity contribution in [3.8, 4) is 22.7 Å². The standard InChI is InChI=1S/C23H23Cl2N3O2/c1-14-21(23(30)26-17-5-3-2-4-6-17)27-28(20-12-9-16(24)13-19(20)25)22(14)15-7-10-18(29)11-8-15/h7-13,17,29H,2-6H2,1H3,(H,26,30). The monoisotopic (exact) mass is 443 g/mol. The second-order valence-corrected chi connectivity index (χ2v) is 8.53. The van der Waals surface area contributed by atoms with E-state index in [-0.39, 0.29) is 17.7 Å². The first-order valence-corrected chi connectivity index (χ1v) is 10.8. The minimum atomic E-state index is -0.178. The Kier molecular flexibility index (Phi) is 6.02. The molecule has 2 N–H and O–H groups in total. The van der Waals surface area contributed by atoms with Crippen LogP contribution in [0, 0.1) is 6.92 Å². The van der Waals surface area contributed by atoms with Crippen molar-refractivity contribution in [1.29, 1.82) is 0 Å². The number of aromatic hydroxyl groups is 1. The van der Waals surface area contributed by atoms with E-state index in [4.69, 9.17) is 23.2 Å². The first kappa shape index (κ1) is 20.8. The van der Waals surface area contributed by atoms with Crippen LogP contribution in [0.5, 0.6) is 5.75 Å². The number of halogens is 2. The quantitative estimate of drug-likeness (QED) is 0.525. The summed E-state index contributed by atoms with van der Waals surface area (Å²) in [5.41, 5.74) is 3.31. The highest BCUT2D eigenvalue weighted by Crippen LogP contribution is 2.33. The summed E-state index contributed by atoms with van der Waals surface area (Å²) in [6.45, 7) is 1.88. The molecular formula is C23H23Cl2N3O2. The molecule has 30 heavy (non-hydrogen) atoms. The van der Waals surface area contributed by atoms with Crippen LogP contribution in [0.15, 0.2) is 42.5 Å². The molecule has 5 nitrogen and oxygen atoms in total. The Morgan fingerprint density at radius 1 is 1.10 bits per heavy atom. The molecule has 1 aliphatic rings. The predicted molar refractivity (Wildman–Crippen MR) is 120 cm³/mol. The van der Waals surface area contributed by atoms with E-state index in [1.165, 1.54) is 6.42 Å². The molecule has 0 saturated heterocycles. The van der Waals surface area contributed by atoms with Crippen molar-refractivity contribution < 1.29 is 9.90 Å². The highest BCUT2D eigenvalue weighted by molar-refractivity contribution is 6.35. The van der Waals surface area contributed by atoms with Gasteiger partial charge in [-0.1, -0.05) is 42.5 Å². The molecule has 1 aliphatic carbocycles. The Bertz CT molecular complexity index is 1070. The summed E-state index contributed by atoms with van der Waals surface area (Å²) in [4.78, 5) is 13.1. The number of benzene rings is 2. The summed E-state index contributed by atoms with van der Waals surface area (Å²) in [5.74, 6) is -0.00877. The Morgan fingerprint density at radius 2 is 1.80 bits per heavy atom. The molecule has 3 aromatic rings. The normalized spacial score (nSPS) is 14.6. The van der Waals surface area contributed by atoms with Gasteiger partial charge in [-0.15, -0.1) is 0 Å². The van der Waals surface area contributed by atoms with Crippen LogP contribution in [0.1, 0.15) is 48.2 Å². The van der Waals surface area contributed by atoms with E-state index in [1.807, 2.05) is 6.92 Å². The SMILES string of the molecule is Cc1c(C(=O)NC2CCCCC2)nn(-c2ccc(Cl)cc2Cl)c1-c1ccc(O)cc1. The molecule has 0 spiro atoms. The zero-order valence-corrected chi connectivity index (χ0v) is 18.2. The smallest absolute Gasteiger partial charge is 0.272 e. The zero-order chi connectivity index (χ0) is 21.3. The fourth-order valence-electron chi connectivity index (χ4n) is 4.00. The lowest BCUT2D eigenvalue weighted by Gasteiger charge is -2.22. The van der Waals surface area contributed by atoms with Crippen LogP contribution in [0.2, 0.25) is 10.0 Å². The van der Waals surface area contributed by atoms with Crippen molar-refractivity contribution in [1.82, 2.24) is 15.1 Å². The van der Waals surface area contributed by atoms with Crippen molar-refractivity contribution in [3.63, 3.8) is 0 Å². The molecule has 1 amide bonds. The van der Waals surface area contributed by atoms with Crippen LogP contribution in [0.4, 0.5) is 0 Å². The number of phenolic OH excluding ortho intramolecular Hbond substituents is 1. The second-order valence-electron chi connectivity index (χ2n) is 7.69. The Balaban J connectivity index is 1.80. The van der Waals surface area contributed by atoms with Crippen LogP contribution in [-0.4, -0.2) is 26.8 Å². The maximum Gasteiger partial charge on any atom is 0.272 e. The minimum absolute atomic E-state index is 0.169. The third-order valence-corrected chi connectivity index (χ3v) is 6.09. The lowest BCUT2D eigenvalue weighted by molar-refractivity contribution is 0.0921. The van der Waals surface area contributed by atoms with Gasteiger partial charge in [-0.3, -0.25) is 4.79 Å². The molecule has 7 heteroatoms. The molecule has 1 heterocycles. The highest BCUT2D eigenvalue weighted by atomic mass is 35.5. The number of nitrogens with one attached hydrogen (secondary N) is 1. The molecule has 0 aliphatic heterocycles. The third-order valence-electron chi connectivity index (χ3n) is 5.56. The van der Waals surface area contributed by atoms with Gasteiger partial charge in [0.05, 0.1) is 16.4 Å². The van der Waals surface area contributed by atoms with Crippen molar-refractivity contribution in [2.45, 2.75) is 45.1 Å². The van der Waals surface area contributed by atoms with Crippen LogP contribution >= 0.6 is 23.2 Å². The summed E-state index contributed by atoms with van der Waals surface area (Å²) in [6.07, 6.45) is 5.49. The van der Waals surface area contributed by atoms with E-state index < -0.39 is 0 Å². The Hall–Kier alpha value is -2.50. The van der Waals surface area contributed by atoms with Gasteiger partial charge in [-0.2, -0.15) is 5.10 Å². The largest absolute Gasteiger partial charge is 0.508 e. The number of amides is 1. The van der Waals surface area contributed by atoms with Gasteiger partial charge in [0.1, 0.15) is 5.75 Å². The molecule has 4 rings (SSSR count). The summed E-state index contributed by atoms with van der Waals surface area (Å²) in [5, 5.41) is 18.4. The summed E-state index contributed by atoms with van der Waals surface area (Å²) in [7, 11) is 0. The van der Waals surface area contributed by atoms with Gasteiger partial charge in [-0.05, 0) is 62.2 Å². The molecule has 0 bridgehead atoms. The van der Waals surface area contributed by atoms with Crippen molar-refractivity contribution in [2.75, 3.05) is 0 Å². The van der Waals surface area contributed by atoms with Crippen LogP contribution in [0.3, 0.4) is 0 Å². The van der Waals surface area contributed by atoms with Crippen LogP contribution in [0.25, 0.3) is 16.9 Å². The summed E-state index contributed by atoms with van der Waals surface area (Å²) >= 11 is 12.5. The van der Waals surface area contributed by atoms with Crippen LogP contribution in [-0.2, 0) is 0 Å². The van der Waals surface area contributed by atoms with Crippen molar-refractivity contribution in [3.05, 3.63) is 63.8 Å². The van der Waals surface area contributed by atoms with E-state index in [0.717, 1.165) is 42.5 Å². The number of carbonyl (C=O) groups is 1. The van der Waals surface area contributed by atoms with E-state index in [9.17, 15) is 9.90 Å². The van der Waals surface area contributed by atoms with E-state index in [2.05, 4.69) is 10.4 Å². The first-order valence-electron chi connectivity index (χ1n) is 10.1. The van der Waals surface area contributed by atoms with Crippen LogP contribution < -0.4 is 5.32 Å². The lowest BCUT2D eigenvalue weighted by atomic mass is 9.95. The molecule has 0 unspecified atom stereocenters. The van der Waals surface area contributed by atoms with Gasteiger partial charge in [-0.25, -0.2) is 4.68 Å². The maximum atomic E-state index is 13.1. The summed E-state index contributed by atoms with van der Waals surface area (Å²) < 4.78 is 1.68. The Labute approximate surface area is 185 Å². The molecule has 156 valence electrons. The average Bonchev–Trinajstić information content (AvgIpc) is 3.06. The van der Waals surface area contributed by atoms with Gasteiger partial charge >= 0.3 is 0 Å². The van der Waals surface area contributed by atoms with Gasteiger partial charge < -0.3 is 10.4 Å². The number of rotatable bonds is 4. The fourth-order valence-corrected chi connectivity index (χ4v) is 4.49. The van der Waals surface area contributed by atoms with Gasteiger partial charge in [0.2, 0.25) is 0 Å². The molecule has 2 aromatic carbocycles. The molecule has 1 aromatic heterocycles. The topological polar surface area (TPSA) is 67.2 Å². The van der Waals surface area contributed by atoms with E-state index >= 15 is 0 Å². The average molecular weight is 444 g/mol. The number of phenols is 1. The third kappa shape index (κ3) is 4.18. The molecular weight excluding hydrogens is 421 g/mol. The highest BCUT2D eigenvalue weighted by Gasteiger charge is 2.25. The van der Waals surface area contributed by atoms with Gasteiger partial charge in [0.15, 0.2) is 5.69 Å². The van der Waals surface area contributed by atoms with E-state index in [1.54, 1.807) is 47.1 Å². The van der Waals surface area contributed by atoms with E-state index in [0.29, 0.717) is 21.4 Å². The summed E-state index contributed by atoms with van der Waals surface area (Å²) in [6, 6.07) is 12.2. The Morgan fingerprint density at radius 3 is 2.47 bits per heavy atom. The van der Waals surface area contributed by atoms with Crippen molar-refractivity contribution >= 4 is 29.1 Å². The number of nitrogens with zero attached hydrogens (tertiary/aromatic N) is 2. The molecule has 0 atom stereocenters. The number of carbonyl (C=O) groups excluding carboxylic acids is 1. The number of hydrogen-bond acceptors (Lipinski definition) is 3. The lowest BCUT2D eigenvalue weighted by Crippen LogP contribution is -2.36. The fraction of sp³-hybridized carbons (Fsp3) is 0.304. The minimum Gasteiger partial charge on any atom is -0.508 e. The first-order chi connectivity index (χ1) is 14.4. The second kappa shape index (κ2) is 8.70. The van der Waals surface area contributed by atoms with Gasteiger partial charge in [0, 0.05) is 22.2 Å².